The Balaban J connectivity index is 3.93. The fourth-order valence-electron chi connectivity index (χ4n) is 0.422. The van der Waals surface area contributed by atoms with Crippen molar-refractivity contribution < 1.29 is 0 Å². The van der Waals surface area contributed by atoms with Crippen LogP contribution in [0.15, 0.2) is 16.9 Å². The molecule has 58 valence electrons. The van der Waals surface area contributed by atoms with Crippen LogP contribution in [0.3, 0.4) is 0 Å². The highest BCUT2D eigenvalue weighted by Crippen LogP contribution is 1.88. The van der Waals surface area contributed by atoms with Crippen LogP contribution in [0.2, 0.25) is 0 Å². The van der Waals surface area contributed by atoms with Crippen molar-refractivity contribution in [3.05, 3.63) is 11.9 Å². The standard InChI is InChI=1S/C6H12BrN3/c1-5(6(9)4-8)10-3-2-7/h4H,2-3,8-9H2,1H3/b6-4+,10-5?. The van der Waals surface area contributed by atoms with Crippen molar-refractivity contribution >= 4 is 21.6 Å². The Hall–Kier alpha value is -0.510. The summed E-state index contributed by atoms with van der Waals surface area (Å²) >= 11 is 3.25. The number of halogens is 1. The average molecular weight is 206 g/mol. The van der Waals surface area contributed by atoms with Crippen molar-refractivity contribution in [3.8, 4) is 0 Å². The van der Waals surface area contributed by atoms with Gasteiger partial charge < -0.3 is 11.5 Å². The normalized spacial score (nSPS) is 13.8. The molecule has 0 saturated heterocycles. The minimum Gasteiger partial charge on any atom is -0.403 e. The van der Waals surface area contributed by atoms with Gasteiger partial charge in [0.05, 0.1) is 11.4 Å². The SMILES string of the molecule is CC(=NCCBr)/C(N)=C\N. The Labute approximate surface area is 69.3 Å². The van der Waals surface area contributed by atoms with Crippen LogP contribution < -0.4 is 11.5 Å². The molecule has 0 aliphatic rings. The Morgan fingerprint density at radius 3 is 2.70 bits per heavy atom. The van der Waals surface area contributed by atoms with Crippen LogP contribution in [0.25, 0.3) is 0 Å². The zero-order chi connectivity index (χ0) is 7.98. The molecule has 0 fully saturated rings. The molecule has 0 aliphatic heterocycles. The molecule has 0 amide bonds. The summed E-state index contributed by atoms with van der Waals surface area (Å²) in [6.07, 6.45) is 1.35. The molecule has 0 spiro atoms. The van der Waals surface area contributed by atoms with E-state index in [9.17, 15) is 0 Å². The molecule has 0 aromatic carbocycles. The van der Waals surface area contributed by atoms with Gasteiger partial charge in [0.1, 0.15) is 0 Å². The molecule has 0 rings (SSSR count). The predicted molar refractivity (Wildman–Crippen MR) is 48.2 cm³/mol. The van der Waals surface area contributed by atoms with Crippen molar-refractivity contribution in [2.45, 2.75) is 6.92 Å². The molecule has 0 saturated carbocycles. The molecular formula is C6H12BrN3. The predicted octanol–water partition coefficient (Wildman–Crippen LogP) is 0.601. The summed E-state index contributed by atoms with van der Waals surface area (Å²) in [7, 11) is 0. The first-order valence-electron chi connectivity index (χ1n) is 2.97. The largest absolute Gasteiger partial charge is 0.403 e. The number of hydrogen-bond donors (Lipinski definition) is 2. The molecule has 0 aromatic rings. The summed E-state index contributed by atoms with van der Waals surface area (Å²) < 4.78 is 0. The highest BCUT2D eigenvalue weighted by molar-refractivity contribution is 9.09. The maximum Gasteiger partial charge on any atom is 0.0682 e. The van der Waals surface area contributed by atoms with Crippen LogP contribution >= 0.6 is 15.9 Å². The lowest BCUT2D eigenvalue weighted by Crippen LogP contribution is -2.10. The summed E-state index contributed by atoms with van der Waals surface area (Å²) in [5.74, 6) is 0. The van der Waals surface area contributed by atoms with Gasteiger partial charge in [0.25, 0.3) is 0 Å². The maximum atomic E-state index is 5.45. The molecule has 4 heteroatoms. The van der Waals surface area contributed by atoms with E-state index in [1.807, 2.05) is 6.92 Å². The topological polar surface area (TPSA) is 64.4 Å². The summed E-state index contributed by atoms with van der Waals surface area (Å²) in [6, 6.07) is 0. The van der Waals surface area contributed by atoms with E-state index >= 15 is 0 Å². The molecule has 0 atom stereocenters. The molecule has 0 aliphatic carbocycles. The quantitative estimate of drug-likeness (QED) is 0.524. The zero-order valence-corrected chi connectivity index (χ0v) is 7.56. The van der Waals surface area contributed by atoms with Gasteiger partial charge in [-0.25, -0.2) is 0 Å². The number of hydrogen-bond acceptors (Lipinski definition) is 3. The Morgan fingerprint density at radius 1 is 1.70 bits per heavy atom. The lowest BCUT2D eigenvalue weighted by Gasteiger charge is -1.97. The minimum absolute atomic E-state index is 0.543. The van der Waals surface area contributed by atoms with Crippen molar-refractivity contribution in [2.24, 2.45) is 16.5 Å². The summed E-state index contributed by atoms with van der Waals surface area (Å²) in [5.41, 5.74) is 11.9. The Morgan fingerprint density at radius 2 is 2.30 bits per heavy atom. The second-order valence-electron chi connectivity index (χ2n) is 1.78. The van der Waals surface area contributed by atoms with Crippen molar-refractivity contribution in [3.63, 3.8) is 0 Å². The van der Waals surface area contributed by atoms with E-state index in [1.54, 1.807) is 0 Å². The van der Waals surface area contributed by atoms with Gasteiger partial charge in [-0.15, -0.1) is 0 Å². The van der Waals surface area contributed by atoms with Gasteiger partial charge in [-0.05, 0) is 6.92 Å². The van der Waals surface area contributed by atoms with Crippen LogP contribution in [0, 0.1) is 0 Å². The van der Waals surface area contributed by atoms with Crippen LogP contribution in [0.5, 0.6) is 0 Å². The van der Waals surface area contributed by atoms with Gasteiger partial charge in [-0.1, -0.05) is 15.9 Å². The van der Waals surface area contributed by atoms with E-state index in [-0.39, 0.29) is 0 Å². The summed E-state index contributed by atoms with van der Waals surface area (Å²) in [6.45, 7) is 2.57. The van der Waals surface area contributed by atoms with E-state index in [2.05, 4.69) is 20.9 Å². The molecule has 0 heterocycles. The number of aliphatic imine (C=N–C) groups is 1. The van der Waals surface area contributed by atoms with Crippen LogP contribution in [-0.4, -0.2) is 17.6 Å². The van der Waals surface area contributed by atoms with Crippen LogP contribution in [0.1, 0.15) is 6.92 Å². The van der Waals surface area contributed by atoms with Gasteiger partial charge in [0, 0.05) is 18.1 Å². The first-order valence-corrected chi connectivity index (χ1v) is 4.09. The molecule has 0 bridgehead atoms. The summed E-state index contributed by atoms with van der Waals surface area (Å²) in [4.78, 5) is 4.11. The van der Waals surface area contributed by atoms with Crippen LogP contribution in [0.4, 0.5) is 0 Å². The Kier molecular flexibility index (Phi) is 5.02. The third-order valence-corrected chi connectivity index (χ3v) is 1.39. The first-order chi connectivity index (χ1) is 4.72. The highest BCUT2D eigenvalue weighted by atomic mass is 79.9. The molecule has 3 nitrogen and oxygen atoms in total. The van der Waals surface area contributed by atoms with Crippen LogP contribution in [-0.2, 0) is 0 Å². The van der Waals surface area contributed by atoms with Gasteiger partial charge in [0.15, 0.2) is 0 Å². The van der Waals surface area contributed by atoms with E-state index in [0.717, 1.165) is 17.6 Å². The van der Waals surface area contributed by atoms with Crippen molar-refractivity contribution in [1.29, 1.82) is 0 Å². The smallest absolute Gasteiger partial charge is 0.0682 e. The van der Waals surface area contributed by atoms with Crippen molar-refractivity contribution in [2.75, 3.05) is 11.9 Å². The average Bonchev–Trinajstić information content (AvgIpc) is 1.98. The number of nitrogens with zero attached hydrogens (tertiary/aromatic N) is 1. The molecule has 10 heavy (non-hydrogen) atoms. The number of alkyl halides is 1. The number of rotatable bonds is 3. The summed E-state index contributed by atoms with van der Waals surface area (Å²) in [5, 5.41) is 0.849. The fourth-order valence-corrected chi connectivity index (χ4v) is 0.599. The van der Waals surface area contributed by atoms with Gasteiger partial charge in [-0.3, -0.25) is 4.99 Å². The third-order valence-electron chi connectivity index (χ3n) is 1.03. The van der Waals surface area contributed by atoms with Gasteiger partial charge in [-0.2, -0.15) is 0 Å². The third kappa shape index (κ3) is 3.50. The van der Waals surface area contributed by atoms with E-state index in [0.29, 0.717) is 5.70 Å². The minimum atomic E-state index is 0.543. The first kappa shape index (κ1) is 9.49. The fraction of sp³-hybridized carbons (Fsp3) is 0.500. The molecule has 0 radical (unpaired) electrons. The zero-order valence-electron chi connectivity index (χ0n) is 5.97. The highest BCUT2D eigenvalue weighted by Gasteiger charge is 1.91. The van der Waals surface area contributed by atoms with Crippen molar-refractivity contribution in [1.82, 2.24) is 0 Å². The monoisotopic (exact) mass is 205 g/mol. The molecule has 4 N–H and O–H groups in total. The van der Waals surface area contributed by atoms with E-state index < -0.39 is 0 Å². The molecule has 0 aromatic heterocycles. The maximum absolute atomic E-state index is 5.45. The van der Waals surface area contributed by atoms with E-state index in [4.69, 9.17) is 11.5 Å². The van der Waals surface area contributed by atoms with Gasteiger partial charge in [0.2, 0.25) is 0 Å². The lowest BCUT2D eigenvalue weighted by molar-refractivity contribution is 1.14. The number of allylic oxidation sites excluding steroid dienone is 1. The number of nitrogens with two attached hydrogens (primary N) is 2. The Bertz CT molecular complexity index is 151. The second kappa shape index (κ2) is 5.29. The van der Waals surface area contributed by atoms with Gasteiger partial charge >= 0.3 is 0 Å². The molecular weight excluding hydrogens is 194 g/mol. The second-order valence-corrected chi connectivity index (χ2v) is 2.57. The molecule has 0 unspecified atom stereocenters. The van der Waals surface area contributed by atoms with E-state index in [1.165, 1.54) is 6.20 Å². The lowest BCUT2D eigenvalue weighted by atomic mass is 10.3.